The fraction of sp³-hybridized carbons (Fsp3) is 0.444. The minimum Gasteiger partial charge on any atom is -0.480 e. The van der Waals surface area contributed by atoms with Crippen molar-refractivity contribution in [1.82, 2.24) is 15.1 Å². The van der Waals surface area contributed by atoms with E-state index in [0.717, 1.165) is 12.1 Å². The second-order valence-corrected chi connectivity index (χ2v) is 3.08. The first-order valence-corrected chi connectivity index (χ1v) is 4.61. The first kappa shape index (κ1) is 11.2. The van der Waals surface area contributed by atoms with Gasteiger partial charge in [0.15, 0.2) is 0 Å². The van der Waals surface area contributed by atoms with Crippen molar-refractivity contribution in [3.63, 3.8) is 0 Å². The number of rotatable bonds is 6. The number of hydrogen-bond acceptors (Lipinski definition) is 3. The molecule has 1 aromatic heterocycles. The molecule has 1 atom stereocenters. The average molecular weight is 211 g/mol. The van der Waals surface area contributed by atoms with Crippen LogP contribution in [0.4, 0.5) is 0 Å². The Morgan fingerprint density at radius 3 is 3.00 bits per heavy atom. The second-order valence-electron chi connectivity index (χ2n) is 3.08. The second kappa shape index (κ2) is 5.14. The minimum absolute atomic E-state index is 0.244. The summed E-state index contributed by atoms with van der Waals surface area (Å²) in [4.78, 5) is 20.9. The van der Waals surface area contributed by atoms with Crippen molar-refractivity contribution in [2.75, 3.05) is 0 Å². The maximum absolute atomic E-state index is 10.7. The number of carboxylic acids is 1. The Morgan fingerprint density at radius 1 is 1.80 bits per heavy atom. The molecule has 1 unspecified atom stereocenters. The highest BCUT2D eigenvalue weighted by Crippen LogP contribution is 2.02. The van der Waals surface area contributed by atoms with Crippen LogP contribution >= 0.6 is 0 Å². The number of hydrogen-bond donors (Lipinski definition) is 2. The van der Waals surface area contributed by atoms with Crippen molar-refractivity contribution < 1.29 is 14.7 Å². The van der Waals surface area contributed by atoms with Crippen LogP contribution in [0.15, 0.2) is 12.4 Å². The van der Waals surface area contributed by atoms with E-state index in [4.69, 9.17) is 5.11 Å². The maximum atomic E-state index is 10.7. The lowest BCUT2D eigenvalue weighted by atomic mass is 10.1. The molecule has 0 saturated heterocycles. The number of aryl methyl sites for hydroxylation is 1. The molecule has 0 radical (unpaired) electrons. The van der Waals surface area contributed by atoms with E-state index in [1.165, 1.54) is 0 Å². The molecule has 1 rings (SSSR count). The molecule has 15 heavy (non-hydrogen) atoms. The number of aliphatic carboxylic acids is 1. The molecule has 0 fully saturated rings. The topological polar surface area (TPSA) is 84.2 Å². The van der Waals surface area contributed by atoms with Crippen molar-refractivity contribution in [2.45, 2.75) is 25.9 Å². The summed E-state index contributed by atoms with van der Waals surface area (Å²) in [6, 6.07) is -0.892. The zero-order chi connectivity index (χ0) is 11.3. The number of nitrogens with zero attached hydrogens (tertiary/aromatic N) is 2. The van der Waals surface area contributed by atoms with Crippen molar-refractivity contribution in [3.8, 4) is 0 Å². The third kappa shape index (κ3) is 3.08. The van der Waals surface area contributed by atoms with Crippen molar-refractivity contribution in [2.24, 2.45) is 0 Å². The Kier molecular flexibility index (Phi) is 3.84. The summed E-state index contributed by atoms with van der Waals surface area (Å²) in [5.74, 6) is -1.05. The number of carbonyl (C=O) groups is 2. The van der Waals surface area contributed by atoms with Crippen LogP contribution in [-0.4, -0.2) is 33.3 Å². The number of nitrogens with one attached hydrogen (secondary N) is 1. The van der Waals surface area contributed by atoms with Gasteiger partial charge in [-0.1, -0.05) is 0 Å². The number of carboxylic acid groups (broad SMARTS) is 1. The number of amides is 1. The van der Waals surface area contributed by atoms with Gasteiger partial charge in [0, 0.05) is 19.2 Å². The van der Waals surface area contributed by atoms with Crippen LogP contribution in [-0.2, 0) is 22.6 Å². The fourth-order valence-corrected chi connectivity index (χ4v) is 1.22. The Morgan fingerprint density at radius 2 is 2.53 bits per heavy atom. The van der Waals surface area contributed by atoms with Gasteiger partial charge in [0.25, 0.3) is 0 Å². The summed E-state index contributed by atoms with van der Waals surface area (Å²) in [6.45, 7) is 2.67. The lowest BCUT2D eigenvalue weighted by Gasteiger charge is -2.08. The van der Waals surface area contributed by atoms with E-state index in [0.29, 0.717) is 6.41 Å². The molecule has 0 spiro atoms. The summed E-state index contributed by atoms with van der Waals surface area (Å²) < 4.78 is 1.70. The normalized spacial score (nSPS) is 12.1. The lowest BCUT2D eigenvalue weighted by Crippen LogP contribution is -2.37. The smallest absolute Gasteiger partial charge is 0.326 e. The van der Waals surface area contributed by atoms with E-state index in [-0.39, 0.29) is 6.42 Å². The fourth-order valence-electron chi connectivity index (χ4n) is 1.22. The highest BCUT2D eigenvalue weighted by Gasteiger charge is 2.17. The maximum Gasteiger partial charge on any atom is 0.326 e. The molecule has 82 valence electrons. The van der Waals surface area contributed by atoms with Crippen LogP contribution < -0.4 is 5.32 Å². The van der Waals surface area contributed by atoms with E-state index in [9.17, 15) is 9.59 Å². The molecular weight excluding hydrogens is 198 g/mol. The van der Waals surface area contributed by atoms with Gasteiger partial charge in [-0.15, -0.1) is 0 Å². The summed E-state index contributed by atoms with van der Waals surface area (Å²) in [5.41, 5.74) is 0.790. The zero-order valence-corrected chi connectivity index (χ0v) is 8.38. The third-order valence-electron chi connectivity index (χ3n) is 2.02. The number of carbonyl (C=O) groups excluding carboxylic acids is 1. The van der Waals surface area contributed by atoms with Crippen molar-refractivity contribution in [1.29, 1.82) is 0 Å². The van der Waals surface area contributed by atoms with Crippen LogP contribution in [0.25, 0.3) is 0 Å². The molecule has 0 aliphatic carbocycles. The van der Waals surface area contributed by atoms with Gasteiger partial charge in [-0.25, -0.2) is 4.79 Å². The summed E-state index contributed by atoms with van der Waals surface area (Å²) in [7, 11) is 0. The van der Waals surface area contributed by atoms with Gasteiger partial charge in [0.1, 0.15) is 6.04 Å². The highest BCUT2D eigenvalue weighted by atomic mass is 16.4. The van der Waals surface area contributed by atoms with E-state index in [1.54, 1.807) is 17.1 Å². The first-order valence-electron chi connectivity index (χ1n) is 4.61. The Bertz CT molecular complexity index is 348. The van der Waals surface area contributed by atoms with E-state index >= 15 is 0 Å². The standard InChI is InChI=1S/C9H13N3O3/c1-2-12-5-7(4-11-12)3-8(9(14)15)10-6-13/h4-6,8H,2-3H2,1H3,(H,10,13)(H,14,15). The molecule has 0 bridgehead atoms. The van der Waals surface area contributed by atoms with Crippen molar-refractivity contribution >= 4 is 12.4 Å². The van der Waals surface area contributed by atoms with E-state index < -0.39 is 12.0 Å². The van der Waals surface area contributed by atoms with E-state index in [1.807, 2.05) is 6.92 Å². The van der Waals surface area contributed by atoms with Crippen LogP contribution in [0.1, 0.15) is 12.5 Å². The van der Waals surface area contributed by atoms with Gasteiger partial charge in [-0.3, -0.25) is 9.48 Å². The quantitative estimate of drug-likeness (QED) is 0.629. The Labute approximate surface area is 86.9 Å². The van der Waals surface area contributed by atoms with Gasteiger partial charge >= 0.3 is 5.97 Å². The predicted octanol–water partition coefficient (Wildman–Crippen LogP) is -0.355. The Balaban J connectivity index is 2.64. The Hall–Kier alpha value is -1.85. The molecular formula is C9H13N3O3. The molecule has 1 heterocycles. The zero-order valence-electron chi connectivity index (χ0n) is 8.38. The molecule has 2 N–H and O–H groups in total. The van der Waals surface area contributed by atoms with Gasteiger partial charge in [-0.2, -0.15) is 5.10 Å². The first-order chi connectivity index (χ1) is 7.17. The molecule has 1 aromatic rings. The minimum atomic E-state index is -1.05. The molecule has 0 aromatic carbocycles. The molecule has 0 aliphatic heterocycles. The third-order valence-corrected chi connectivity index (χ3v) is 2.02. The molecule has 6 heteroatoms. The molecule has 6 nitrogen and oxygen atoms in total. The molecule has 0 aliphatic rings. The SMILES string of the molecule is CCn1cc(CC(NC=O)C(=O)O)cn1. The van der Waals surface area contributed by atoms with Gasteiger partial charge in [0.2, 0.25) is 6.41 Å². The summed E-state index contributed by atoms with van der Waals surface area (Å²) in [6.07, 6.45) is 4.01. The number of aromatic nitrogens is 2. The molecule has 1 amide bonds. The van der Waals surface area contributed by atoms with Gasteiger partial charge < -0.3 is 10.4 Å². The average Bonchev–Trinajstić information content (AvgIpc) is 2.65. The van der Waals surface area contributed by atoms with Crippen LogP contribution in [0.5, 0.6) is 0 Å². The predicted molar refractivity (Wildman–Crippen MR) is 52.2 cm³/mol. The van der Waals surface area contributed by atoms with Gasteiger partial charge in [-0.05, 0) is 12.5 Å². The summed E-state index contributed by atoms with van der Waals surface area (Å²) in [5, 5.41) is 15.0. The lowest BCUT2D eigenvalue weighted by molar-refractivity contribution is -0.140. The van der Waals surface area contributed by atoms with Crippen LogP contribution in [0.2, 0.25) is 0 Å². The molecule has 0 saturated carbocycles. The van der Waals surface area contributed by atoms with Crippen LogP contribution in [0, 0.1) is 0 Å². The van der Waals surface area contributed by atoms with E-state index in [2.05, 4.69) is 10.4 Å². The van der Waals surface area contributed by atoms with Crippen LogP contribution in [0.3, 0.4) is 0 Å². The summed E-state index contributed by atoms with van der Waals surface area (Å²) >= 11 is 0. The monoisotopic (exact) mass is 211 g/mol. The largest absolute Gasteiger partial charge is 0.480 e. The van der Waals surface area contributed by atoms with Crippen molar-refractivity contribution in [3.05, 3.63) is 18.0 Å². The van der Waals surface area contributed by atoms with Gasteiger partial charge in [0.05, 0.1) is 6.20 Å². The highest BCUT2D eigenvalue weighted by molar-refractivity contribution is 5.76.